The van der Waals surface area contributed by atoms with Crippen LogP contribution in [-0.2, 0) is 11.3 Å². The smallest absolute Gasteiger partial charge is 0.275 e. The van der Waals surface area contributed by atoms with Gasteiger partial charge in [-0.2, -0.15) is 0 Å². The fourth-order valence-corrected chi connectivity index (χ4v) is 6.34. The molecule has 3 aromatic rings. The van der Waals surface area contributed by atoms with E-state index in [9.17, 15) is 9.59 Å². The lowest BCUT2D eigenvalue weighted by molar-refractivity contribution is -0.127. The molecule has 5 rings (SSSR count). The van der Waals surface area contributed by atoms with Crippen molar-refractivity contribution in [2.24, 2.45) is 5.92 Å². The molecule has 1 aromatic carbocycles. The van der Waals surface area contributed by atoms with E-state index in [4.69, 9.17) is 16.3 Å². The molecule has 2 amide bonds. The molecule has 3 unspecified atom stereocenters. The highest BCUT2D eigenvalue weighted by molar-refractivity contribution is 7.17. The van der Waals surface area contributed by atoms with Crippen molar-refractivity contribution >= 4 is 50.7 Å². The van der Waals surface area contributed by atoms with Crippen LogP contribution in [-0.4, -0.2) is 35.1 Å². The number of hydrogen-bond acceptors (Lipinski definition) is 4. The van der Waals surface area contributed by atoms with Gasteiger partial charge in [-0.05, 0) is 61.4 Å². The number of carbonyl (C=O) groups is 2. The third-order valence-corrected chi connectivity index (χ3v) is 8.36. The molecule has 1 N–H and O–H groups in total. The van der Waals surface area contributed by atoms with E-state index in [2.05, 4.69) is 12.2 Å². The molecule has 2 aliphatic rings. The van der Waals surface area contributed by atoms with Gasteiger partial charge in [-0.3, -0.25) is 14.5 Å². The first kappa shape index (κ1) is 22.3. The molecule has 1 aliphatic heterocycles. The molecule has 0 saturated heterocycles. The van der Waals surface area contributed by atoms with Crippen molar-refractivity contribution in [1.29, 1.82) is 0 Å². The Hall–Kier alpha value is -2.51. The maximum Gasteiger partial charge on any atom is 0.275 e. The summed E-state index contributed by atoms with van der Waals surface area (Å²) in [6, 6.07) is 9.27. The number of carbonyl (C=O) groups excluding carboxylic acids is 2. The van der Waals surface area contributed by atoms with Crippen molar-refractivity contribution in [3.8, 4) is 5.75 Å². The highest BCUT2D eigenvalue weighted by atomic mass is 35.5. The average molecular weight is 486 g/mol. The van der Waals surface area contributed by atoms with Gasteiger partial charge < -0.3 is 14.6 Å². The maximum absolute atomic E-state index is 13.9. The van der Waals surface area contributed by atoms with Gasteiger partial charge in [-0.15, -0.1) is 11.3 Å². The van der Waals surface area contributed by atoms with E-state index in [1.54, 1.807) is 41.5 Å². The number of fused-ring (bicyclic) bond motifs is 3. The summed E-state index contributed by atoms with van der Waals surface area (Å²) in [6.45, 7) is 4.41. The Balaban J connectivity index is 1.60. The van der Waals surface area contributed by atoms with E-state index in [0.29, 0.717) is 34.6 Å². The van der Waals surface area contributed by atoms with Crippen LogP contribution in [0.3, 0.4) is 0 Å². The predicted molar refractivity (Wildman–Crippen MR) is 133 cm³/mol. The third kappa shape index (κ3) is 3.62. The Labute approximate surface area is 202 Å². The lowest BCUT2D eigenvalue weighted by atomic mass is 9.84. The van der Waals surface area contributed by atoms with Crippen molar-refractivity contribution in [3.63, 3.8) is 0 Å². The highest BCUT2D eigenvalue weighted by Crippen LogP contribution is 2.39. The standard InChI is InChI=1S/C25H28ClN3O3S/c1-15-6-4-5-7-18(15)27-24(31)25(2)14-28-19-10-11-33-22(19)13-20(28)23(30)29(25)16-8-9-21(32-3)17(26)12-16/h8-13,15,18H,4-7,14H2,1-3H3,(H,27,31). The quantitative estimate of drug-likeness (QED) is 0.532. The van der Waals surface area contributed by atoms with Gasteiger partial charge in [-0.25, -0.2) is 0 Å². The van der Waals surface area contributed by atoms with Crippen LogP contribution in [0.25, 0.3) is 10.2 Å². The lowest BCUT2D eigenvalue weighted by Gasteiger charge is -2.45. The van der Waals surface area contributed by atoms with E-state index in [0.717, 1.165) is 29.5 Å². The first-order chi connectivity index (χ1) is 15.8. The molecule has 6 nitrogen and oxygen atoms in total. The first-order valence-corrected chi connectivity index (χ1v) is 12.6. The van der Waals surface area contributed by atoms with E-state index < -0.39 is 5.54 Å². The Kier molecular flexibility index (Phi) is 5.65. The number of halogens is 1. The molecule has 33 heavy (non-hydrogen) atoms. The van der Waals surface area contributed by atoms with E-state index in [1.165, 1.54) is 6.42 Å². The van der Waals surface area contributed by atoms with Gasteiger partial charge in [0, 0.05) is 11.7 Å². The van der Waals surface area contributed by atoms with Gasteiger partial charge in [0.25, 0.3) is 5.91 Å². The van der Waals surface area contributed by atoms with E-state index in [1.807, 2.05) is 29.0 Å². The topological polar surface area (TPSA) is 63.6 Å². The van der Waals surface area contributed by atoms with Crippen molar-refractivity contribution in [2.45, 2.75) is 57.7 Å². The van der Waals surface area contributed by atoms with Gasteiger partial charge in [-0.1, -0.05) is 31.4 Å². The van der Waals surface area contributed by atoms with Crippen LogP contribution in [0.5, 0.6) is 5.75 Å². The van der Waals surface area contributed by atoms with Gasteiger partial charge >= 0.3 is 0 Å². The minimum absolute atomic E-state index is 0.117. The zero-order valence-electron chi connectivity index (χ0n) is 19.1. The summed E-state index contributed by atoms with van der Waals surface area (Å²) in [6.07, 6.45) is 4.38. The summed E-state index contributed by atoms with van der Waals surface area (Å²) in [5, 5.41) is 5.71. The predicted octanol–water partition coefficient (Wildman–Crippen LogP) is 5.48. The van der Waals surface area contributed by atoms with Crippen LogP contribution in [0.4, 0.5) is 5.69 Å². The SMILES string of the molecule is COc1ccc(N2C(=O)c3cc4sccc4n3CC2(C)C(=O)NC2CCCCC2C)cc1Cl. The third-order valence-electron chi connectivity index (χ3n) is 7.22. The number of nitrogens with zero attached hydrogens (tertiary/aromatic N) is 2. The molecule has 1 aliphatic carbocycles. The monoisotopic (exact) mass is 485 g/mol. The Morgan fingerprint density at radius 3 is 2.76 bits per heavy atom. The minimum Gasteiger partial charge on any atom is -0.495 e. The number of rotatable bonds is 4. The maximum atomic E-state index is 13.9. The summed E-state index contributed by atoms with van der Waals surface area (Å²) in [5.41, 5.74) is 1.03. The molecule has 1 fully saturated rings. The molecule has 0 spiro atoms. The second-order valence-corrected chi connectivity index (χ2v) is 10.7. The number of ether oxygens (including phenoxy) is 1. The Bertz CT molecular complexity index is 1230. The second-order valence-electron chi connectivity index (χ2n) is 9.36. The molecular formula is C25H28ClN3O3S. The van der Waals surface area contributed by atoms with Gasteiger partial charge in [0.2, 0.25) is 5.91 Å². The molecule has 0 bridgehead atoms. The Morgan fingerprint density at radius 1 is 1.24 bits per heavy atom. The van der Waals surface area contributed by atoms with Gasteiger partial charge in [0.05, 0.1) is 28.9 Å². The summed E-state index contributed by atoms with van der Waals surface area (Å²) >= 11 is 8.02. The first-order valence-electron chi connectivity index (χ1n) is 11.4. The molecule has 174 valence electrons. The van der Waals surface area contributed by atoms with Crippen LogP contribution in [0.2, 0.25) is 5.02 Å². The number of amides is 2. The van der Waals surface area contributed by atoms with Crippen molar-refractivity contribution in [2.75, 3.05) is 12.0 Å². The van der Waals surface area contributed by atoms with Gasteiger partial charge in [0.1, 0.15) is 17.0 Å². The number of hydrogen-bond donors (Lipinski definition) is 1. The summed E-state index contributed by atoms with van der Waals surface area (Å²) in [5.74, 6) is 0.598. The average Bonchev–Trinajstić information content (AvgIpc) is 3.38. The molecule has 8 heteroatoms. The van der Waals surface area contributed by atoms with Crippen LogP contribution >= 0.6 is 22.9 Å². The highest BCUT2D eigenvalue weighted by Gasteiger charge is 2.49. The molecular weight excluding hydrogens is 458 g/mol. The normalized spacial score (nSPS) is 25.2. The number of nitrogens with one attached hydrogen (secondary N) is 1. The fourth-order valence-electron chi connectivity index (χ4n) is 5.27. The fraction of sp³-hybridized carbons (Fsp3) is 0.440. The number of aromatic nitrogens is 1. The zero-order chi connectivity index (χ0) is 23.3. The summed E-state index contributed by atoms with van der Waals surface area (Å²) < 4.78 is 8.32. The van der Waals surface area contributed by atoms with Crippen LogP contribution in [0, 0.1) is 5.92 Å². The van der Waals surface area contributed by atoms with Crippen molar-refractivity contribution in [3.05, 3.63) is 46.4 Å². The van der Waals surface area contributed by atoms with Crippen LogP contribution in [0.1, 0.15) is 50.0 Å². The summed E-state index contributed by atoms with van der Waals surface area (Å²) in [7, 11) is 1.55. The number of methoxy groups -OCH3 is 1. The Morgan fingerprint density at radius 2 is 2.03 bits per heavy atom. The number of anilines is 1. The summed E-state index contributed by atoms with van der Waals surface area (Å²) in [4.78, 5) is 29.4. The van der Waals surface area contributed by atoms with Crippen molar-refractivity contribution < 1.29 is 14.3 Å². The van der Waals surface area contributed by atoms with Crippen molar-refractivity contribution in [1.82, 2.24) is 9.88 Å². The molecule has 3 heterocycles. The largest absolute Gasteiger partial charge is 0.495 e. The second kappa shape index (κ2) is 8.37. The van der Waals surface area contributed by atoms with Gasteiger partial charge in [0.15, 0.2) is 0 Å². The van der Waals surface area contributed by atoms with E-state index >= 15 is 0 Å². The van der Waals surface area contributed by atoms with Crippen LogP contribution in [0.15, 0.2) is 35.7 Å². The molecule has 3 atom stereocenters. The lowest BCUT2D eigenvalue weighted by Crippen LogP contribution is -2.65. The minimum atomic E-state index is -1.12. The van der Waals surface area contributed by atoms with E-state index in [-0.39, 0.29) is 17.9 Å². The zero-order valence-corrected chi connectivity index (χ0v) is 20.6. The molecule has 1 saturated carbocycles. The number of benzene rings is 1. The molecule has 0 radical (unpaired) electrons. The molecule has 2 aromatic heterocycles. The number of thiophene rings is 1. The van der Waals surface area contributed by atoms with Crippen LogP contribution < -0.4 is 15.0 Å².